The van der Waals surface area contributed by atoms with Crippen molar-refractivity contribution in [2.45, 2.75) is 6.54 Å². The molecular weight excluding hydrogens is 204 g/mol. The third-order valence-electron chi connectivity index (χ3n) is 2.12. The zero-order valence-corrected chi connectivity index (χ0v) is 8.79. The van der Waals surface area contributed by atoms with E-state index in [1.807, 2.05) is 30.1 Å². The molecule has 0 N–H and O–H groups in total. The van der Waals surface area contributed by atoms with Crippen LogP contribution in [0.2, 0.25) is 0 Å². The first kappa shape index (κ1) is 10.2. The molecule has 2 aromatic rings. The van der Waals surface area contributed by atoms with Gasteiger partial charge in [-0.3, -0.25) is 0 Å². The Labute approximate surface area is 93.0 Å². The van der Waals surface area contributed by atoms with E-state index < -0.39 is 0 Å². The Kier molecular flexibility index (Phi) is 2.83. The standard InChI is InChI=1S/C11H10N4O/c1-15(8-10-3-2-4-16-10)11-7-13-9(5-12)6-14-11/h2-4,6-7H,8H2,1H3. The first-order chi connectivity index (χ1) is 7.79. The molecule has 0 saturated carbocycles. The summed E-state index contributed by atoms with van der Waals surface area (Å²) in [7, 11) is 1.89. The molecule has 2 aromatic heterocycles. The highest BCUT2D eigenvalue weighted by molar-refractivity contribution is 5.36. The van der Waals surface area contributed by atoms with E-state index in [9.17, 15) is 0 Å². The maximum atomic E-state index is 8.59. The topological polar surface area (TPSA) is 66.0 Å². The number of hydrogen-bond donors (Lipinski definition) is 0. The summed E-state index contributed by atoms with van der Waals surface area (Å²) in [4.78, 5) is 9.98. The molecule has 0 bridgehead atoms. The minimum Gasteiger partial charge on any atom is -0.467 e. The summed E-state index contributed by atoms with van der Waals surface area (Å²) in [6, 6.07) is 5.67. The van der Waals surface area contributed by atoms with E-state index in [0.29, 0.717) is 18.1 Å². The SMILES string of the molecule is CN(Cc1ccco1)c1cnc(C#N)cn1. The van der Waals surface area contributed by atoms with Gasteiger partial charge in [-0.15, -0.1) is 0 Å². The number of nitrogens with zero attached hydrogens (tertiary/aromatic N) is 4. The zero-order valence-electron chi connectivity index (χ0n) is 8.79. The van der Waals surface area contributed by atoms with E-state index in [4.69, 9.17) is 9.68 Å². The molecule has 0 fully saturated rings. The summed E-state index contributed by atoms with van der Waals surface area (Å²) in [5.41, 5.74) is 0.315. The third kappa shape index (κ3) is 2.17. The molecule has 0 unspecified atom stereocenters. The minimum atomic E-state index is 0.315. The van der Waals surface area contributed by atoms with Gasteiger partial charge in [0, 0.05) is 7.05 Å². The normalized spacial score (nSPS) is 9.75. The van der Waals surface area contributed by atoms with E-state index in [1.54, 1.807) is 12.5 Å². The number of rotatable bonds is 3. The van der Waals surface area contributed by atoms with E-state index in [-0.39, 0.29) is 0 Å². The highest BCUT2D eigenvalue weighted by atomic mass is 16.3. The van der Waals surface area contributed by atoms with Crippen LogP contribution in [-0.4, -0.2) is 17.0 Å². The average molecular weight is 214 g/mol. The van der Waals surface area contributed by atoms with Crippen LogP contribution in [0.15, 0.2) is 35.2 Å². The van der Waals surface area contributed by atoms with Crippen molar-refractivity contribution in [1.82, 2.24) is 9.97 Å². The van der Waals surface area contributed by atoms with Crippen LogP contribution >= 0.6 is 0 Å². The molecule has 2 heterocycles. The number of furan rings is 1. The van der Waals surface area contributed by atoms with Gasteiger partial charge in [-0.1, -0.05) is 0 Å². The molecule has 0 amide bonds. The van der Waals surface area contributed by atoms with Crippen LogP contribution in [0.25, 0.3) is 0 Å². The third-order valence-corrected chi connectivity index (χ3v) is 2.12. The predicted molar refractivity (Wildman–Crippen MR) is 57.6 cm³/mol. The lowest BCUT2D eigenvalue weighted by Gasteiger charge is -2.15. The number of anilines is 1. The number of aromatic nitrogens is 2. The lowest BCUT2D eigenvalue weighted by Crippen LogP contribution is -2.17. The fourth-order valence-electron chi connectivity index (χ4n) is 1.29. The van der Waals surface area contributed by atoms with Gasteiger partial charge in [-0.2, -0.15) is 5.26 Å². The molecule has 0 saturated heterocycles. The van der Waals surface area contributed by atoms with Gasteiger partial charge in [0.05, 0.1) is 25.2 Å². The Balaban J connectivity index is 2.09. The Morgan fingerprint density at radius 1 is 1.44 bits per heavy atom. The van der Waals surface area contributed by atoms with Gasteiger partial charge in [0.2, 0.25) is 0 Å². The molecule has 0 radical (unpaired) electrons. The second kappa shape index (κ2) is 4.45. The van der Waals surface area contributed by atoms with Crippen molar-refractivity contribution in [2.75, 3.05) is 11.9 Å². The Morgan fingerprint density at radius 3 is 2.88 bits per heavy atom. The second-order valence-corrected chi connectivity index (χ2v) is 3.31. The van der Waals surface area contributed by atoms with Crippen LogP contribution in [0.5, 0.6) is 0 Å². The largest absolute Gasteiger partial charge is 0.467 e. The molecule has 0 aliphatic carbocycles. The molecule has 0 aliphatic rings. The van der Waals surface area contributed by atoms with Crippen molar-refractivity contribution in [3.8, 4) is 6.07 Å². The van der Waals surface area contributed by atoms with Crippen LogP contribution < -0.4 is 4.90 Å². The molecule has 80 valence electrons. The summed E-state index contributed by atoms with van der Waals surface area (Å²) in [6.07, 6.45) is 4.66. The molecule has 0 atom stereocenters. The van der Waals surface area contributed by atoms with Gasteiger partial charge >= 0.3 is 0 Å². The highest BCUT2D eigenvalue weighted by Gasteiger charge is 2.05. The molecular formula is C11H10N4O. The molecule has 2 rings (SSSR count). The molecule has 0 aliphatic heterocycles. The fourth-order valence-corrected chi connectivity index (χ4v) is 1.29. The van der Waals surface area contributed by atoms with Gasteiger partial charge in [0.25, 0.3) is 0 Å². The van der Waals surface area contributed by atoms with Gasteiger partial charge in [-0.05, 0) is 12.1 Å². The molecule has 0 aromatic carbocycles. The van der Waals surface area contributed by atoms with Crippen molar-refractivity contribution >= 4 is 5.82 Å². The van der Waals surface area contributed by atoms with E-state index in [1.165, 1.54) is 6.20 Å². The molecule has 0 spiro atoms. The number of hydrogen-bond acceptors (Lipinski definition) is 5. The maximum Gasteiger partial charge on any atom is 0.158 e. The van der Waals surface area contributed by atoms with Gasteiger partial charge in [0.15, 0.2) is 5.69 Å². The van der Waals surface area contributed by atoms with Crippen molar-refractivity contribution in [3.63, 3.8) is 0 Å². The summed E-state index contributed by atoms with van der Waals surface area (Å²) >= 11 is 0. The Morgan fingerprint density at radius 2 is 2.31 bits per heavy atom. The lowest BCUT2D eigenvalue weighted by atomic mass is 10.4. The second-order valence-electron chi connectivity index (χ2n) is 3.31. The summed E-state index contributed by atoms with van der Waals surface area (Å²) in [6.45, 7) is 0.619. The van der Waals surface area contributed by atoms with Crippen molar-refractivity contribution < 1.29 is 4.42 Å². The minimum absolute atomic E-state index is 0.315. The number of nitriles is 1. The van der Waals surface area contributed by atoms with Crippen LogP contribution in [0, 0.1) is 11.3 Å². The van der Waals surface area contributed by atoms with E-state index in [2.05, 4.69) is 9.97 Å². The molecule has 5 heteroatoms. The lowest BCUT2D eigenvalue weighted by molar-refractivity contribution is 0.507. The Bertz CT molecular complexity index is 484. The quantitative estimate of drug-likeness (QED) is 0.776. The molecule has 16 heavy (non-hydrogen) atoms. The van der Waals surface area contributed by atoms with E-state index >= 15 is 0 Å². The van der Waals surface area contributed by atoms with Crippen molar-refractivity contribution in [2.24, 2.45) is 0 Å². The zero-order chi connectivity index (χ0) is 11.4. The highest BCUT2D eigenvalue weighted by Crippen LogP contribution is 2.11. The van der Waals surface area contributed by atoms with Gasteiger partial charge < -0.3 is 9.32 Å². The van der Waals surface area contributed by atoms with E-state index in [0.717, 1.165) is 5.76 Å². The van der Waals surface area contributed by atoms with Crippen molar-refractivity contribution in [1.29, 1.82) is 5.26 Å². The smallest absolute Gasteiger partial charge is 0.158 e. The van der Waals surface area contributed by atoms with Crippen LogP contribution in [0.1, 0.15) is 11.5 Å². The predicted octanol–water partition coefficient (Wildman–Crippen LogP) is 1.58. The van der Waals surface area contributed by atoms with Gasteiger partial charge in [0.1, 0.15) is 17.6 Å². The summed E-state index contributed by atoms with van der Waals surface area (Å²) in [5, 5.41) is 8.59. The van der Waals surface area contributed by atoms with Crippen LogP contribution in [0.3, 0.4) is 0 Å². The van der Waals surface area contributed by atoms with Gasteiger partial charge in [-0.25, -0.2) is 9.97 Å². The van der Waals surface area contributed by atoms with Crippen LogP contribution in [-0.2, 0) is 6.54 Å². The average Bonchev–Trinajstić information content (AvgIpc) is 2.82. The monoisotopic (exact) mass is 214 g/mol. The first-order valence-corrected chi connectivity index (χ1v) is 4.75. The summed E-state index contributed by atoms with van der Waals surface area (Å²) < 4.78 is 5.23. The molecule has 5 nitrogen and oxygen atoms in total. The maximum absolute atomic E-state index is 8.59. The first-order valence-electron chi connectivity index (χ1n) is 4.75. The fraction of sp³-hybridized carbons (Fsp3) is 0.182. The Hall–Kier alpha value is -2.35. The van der Waals surface area contributed by atoms with Crippen LogP contribution in [0.4, 0.5) is 5.82 Å². The summed E-state index contributed by atoms with van der Waals surface area (Å²) in [5.74, 6) is 1.56. The van der Waals surface area contributed by atoms with Crippen molar-refractivity contribution in [3.05, 3.63) is 42.2 Å².